The average Bonchev–Trinajstić information content (AvgIpc) is 2.45. The zero-order chi connectivity index (χ0) is 15.6. The van der Waals surface area contributed by atoms with Crippen LogP contribution in [0.1, 0.15) is 20.7 Å². The van der Waals surface area contributed by atoms with Crippen molar-refractivity contribution in [3.63, 3.8) is 0 Å². The van der Waals surface area contributed by atoms with E-state index in [2.05, 4.69) is 4.18 Å². The molecule has 0 aliphatic heterocycles. The molecule has 0 aliphatic carbocycles. The molecule has 2 aromatic rings. The molecule has 3 N–H and O–H groups in total. The minimum absolute atomic E-state index is 0.115. The van der Waals surface area contributed by atoms with Gasteiger partial charge in [0.15, 0.2) is 0 Å². The molecule has 0 fully saturated rings. The van der Waals surface area contributed by atoms with Crippen molar-refractivity contribution in [3.8, 4) is 0 Å². The zero-order valence-corrected chi connectivity index (χ0v) is 11.5. The zero-order valence-electron chi connectivity index (χ0n) is 10.6. The van der Waals surface area contributed by atoms with E-state index in [0.717, 1.165) is 0 Å². The molecular formula is C13H11NO6S. The van der Waals surface area contributed by atoms with Crippen molar-refractivity contribution in [2.45, 2.75) is 0 Å². The maximum absolute atomic E-state index is 12.0. The number of nitrogens with two attached hydrogens (primary N) is 1. The summed E-state index contributed by atoms with van der Waals surface area (Å²) in [6.45, 7) is 0. The summed E-state index contributed by atoms with van der Waals surface area (Å²) in [4.78, 5) is 23.2. The maximum Gasteiger partial charge on any atom is 0.354 e. The fraction of sp³-hybridized carbons (Fsp3) is 0.0769. The molecule has 110 valence electrons. The minimum Gasteiger partial charge on any atom is -0.478 e. The Morgan fingerprint density at radius 3 is 2.19 bits per heavy atom. The first-order valence-corrected chi connectivity index (χ1v) is 7.35. The Morgan fingerprint density at radius 2 is 1.67 bits per heavy atom. The average molecular weight is 309 g/mol. The SMILES string of the molecule is NCS(=O)(=O)OC(=O)c1cccc2cccc(C(=O)O)c12. The second-order valence-corrected chi connectivity index (χ2v) is 5.72. The molecule has 21 heavy (non-hydrogen) atoms. The fourth-order valence-corrected chi connectivity index (χ4v) is 2.27. The van der Waals surface area contributed by atoms with Crippen molar-refractivity contribution in [2.24, 2.45) is 5.73 Å². The summed E-state index contributed by atoms with van der Waals surface area (Å²) in [7, 11) is -4.19. The molecule has 0 heterocycles. The van der Waals surface area contributed by atoms with E-state index in [-0.39, 0.29) is 16.5 Å². The number of fused-ring (bicyclic) bond motifs is 1. The van der Waals surface area contributed by atoms with Gasteiger partial charge in [-0.1, -0.05) is 24.3 Å². The molecule has 0 saturated heterocycles. The number of carboxylic acid groups (broad SMARTS) is 1. The largest absolute Gasteiger partial charge is 0.478 e. The topological polar surface area (TPSA) is 124 Å². The van der Waals surface area contributed by atoms with Crippen molar-refractivity contribution in [2.75, 3.05) is 5.88 Å². The Hall–Kier alpha value is -2.45. The third-order valence-corrected chi connectivity index (χ3v) is 3.58. The van der Waals surface area contributed by atoms with E-state index < -0.39 is 27.9 Å². The van der Waals surface area contributed by atoms with Crippen LogP contribution in [0.2, 0.25) is 0 Å². The lowest BCUT2D eigenvalue weighted by Crippen LogP contribution is -2.21. The molecule has 7 nitrogen and oxygen atoms in total. The van der Waals surface area contributed by atoms with Gasteiger partial charge in [-0.05, 0) is 17.5 Å². The van der Waals surface area contributed by atoms with Gasteiger partial charge in [-0.15, -0.1) is 0 Å². The highest BCUT2D eigenvalue weighted by atomic mass is 32.2. The van der Waals surface area contributed by atoms with Gasteiger partial charge in [0.2, 0.25) is 0 Å². The van der Waals surface area contributed by atoms with E-state index in [9.17, 15) is 23.1 Å². The lowest BCUT2D eigenvalue weighted by atomic mass is 9.99. The summed E-state index contributed by atoms with van der Waals surface area (Å²) in [6, 6.07) is 8.85. The molecule has 0 radical (unpaired) electrons. The molecule has 0 aromatic heterocycles. The lowest BCUT2D eigenvalue weighted by Gasteiger charge is -2.09. The Balaban J connectivity index is 2.64. The van der Waals surface area contributed by atoms with Gasteiger partial charge in [0.25, 0.3) is 0 Å². The summed E-state index contributed by atoms with van der Waals surface area (Å²) in [5, 5.41) is 9.77. The van der Waals surface area contributed by atoms with Crippen molar-refractivity contribution in [1.29, 1.82) is 0 Å². The number of carboxylic acids is 1. The number of hydrogen-bond donors (Lipinski definition) is 2. The summed E-state index contributed by atoms with van der Waals surface area (Å²) >= 11 is 0. The van der Waals surface area contributed by atoms with Crippen LogP contribution >= 0.6 is 0 Å². The van der Waals surface area contributed by atoms with Crippen molar-refractivity contribution in [1.82, 2.24) is 0 Å². The molecule has 2 rings (SSSR count). The Morgan fingerprint density at radius 1 is 1.10 bits per heavy atom. The molecule has 0 amide bonds. The highest BCUT2D eigenvalue weighted by Crippen LogP contribution is 2.24. The summed E-state index contributed by atoms with van der Waals surface area (Å²) in [5.74, 6) is -3.25. The molecule has 0 bridgehead atoms. The summed E-state index contributed by atoms with van der Waals surface area (Å²) in [5.41, 5.74) is 4.69. The normalized spacial score (nSPS) is 11.3. The van der Waals surface area contributed by atoms with Crippen LogP contribution in [0.25, 0.3) is 10.8 Å². The molecule has 2 aromatic carbocycles. The molecule has 0 spiro atoms. The Labute approximate surface area is 120 Å². The van der Waals surface area contributed by atoms with Gasteiger partial charge in [-0.3, -0.25) is 0 Å². The van der Waals surface area contributed by atoms with Crippen LogP contribution in [0.5, 0.6) is 0 Å². The molecule has 8 heteroatoms. The van der Waals surface area contributed by atoms with Gasteiger partial charge in [0.1, 0.15) is 5.88 Å². The van der Waals surface area contributed by atoms with E-state index in [0.29, 0.717) is 5.39 Å². The van der Waals surface area contributed by atoms with Gasteiger partial charge in [0, 0.05) is 5.39 Å². The Kier molecular flexibility index (Phi) is 3.92. The predicted molar refractivity (Wildman–Crippen MR) is 74.3 cm³/mol. The van der Waals surface area contributed by atoms with Crippen molar-refractivity contribution in [3.05, 3.63) is 47.5 Å². The van der Waals surface area contributed by atoms with E-state index in [1.165, 1.54) is 24.3 Å². The quantitative estimate of drug-likeness (QED) is 0.805. The van der Waals surface area contributed by atoms with Crippen molar-refractivity contribution < 1.29 is 27.3 Å². The van der Waals surface area contributed by atoms with E-state index in [4.69, 9.17) is 5.73 Å². The van der Waals surface area contributed by atoms with Crippen LogP contribution in [0.4, 0.5) is 0 Å². The third kappa shape index (κ3) is 3.01. The number of hydrogen-bond acceptors (Lipinski definition) is 6. The lowest BCUT2D eigenvalue weighted by molar-refractivity contribution is 0.0698. The van der Waals surface area contributed by atoms with Gasteiger partial charge in [0.05, 0.1) is 11.1 Å². The predicted octanol–water partition coefficient (Wildman–Crippen LogP) is 0.941. The Bertz CT molecular complexity index is 822. The third-order valence-electron chi connectivity index (χ3n) is 2.76. The van der Waals surface area contributed by atoms with Crippen LogP contribution in [-0.2, 0) is 14.3 Å². The van der Waals surface area contributed by atoms with Gasteiger partial charge in [-0.2, -0.15) is 8.42 Å². The molecule has 0 unspecified atom stereocenters. The highest BCUT2D eigenvalue weighted by Gasteiger charge is 2.21. The number of benzene rings is 2. The summed E-state index contributed by atoms with van der Waals surface area (Å²) < 4.78 is 26.8. The number of carbonyl (C=O) groups excluding carboxylic acids is 1. The van der Waals surface area contributed by atoms with Crippen LogP contribution in [-0.4, -0.2) is 31.3 Å². The van der Waals surface area contributed by atoms with Gasteiger partial charge >= 0.3 is 22.1 Å². The number of carbonyl (C=O) groups is 2. The molecule has 0 atom stereocenters. The highest BCUT2D eigenvalue weighted by molar-refractivity contribution is 7.87. The second kappa shape index (κ2) is 5.51. The first kappa shape index (κ1) is 14.9. The number of aromatic carboxylic acids is 1. The van der Waals surface area contributed by atoms with Crippen molar-refractivity contribution >= 4 is 32.8 Å². The standard InChI is InChI=1S/C13H11NO6S/c14-7-21(18,19)20-13(17)10-6-2-4-8-3-1-5-9(11(8)10)12(15)16/h1-6H,7,14H2,(H,15,16). The van der Waals surface area contributed by atoms with E-state index in [1.54, 1.807) is 12.1 Å². The smallest absolute Gasteiger partial charge is 0.354 e. The summed E-state index contributed by atoms with van der Waals surface area (Å²) in [6.07, 6.45) is 0. The monoisotopic (exact) mass is 309 g/mol. The number of rotatable bonds is 4. The van der Waals surface area contributed by atoms with Crippen LogP contribution in [0.15, 0.2) is 36.4 Å². The molecule has 0 saturated carbocycles. The maximum atomic E-state index is 12.0. The van der Waals surface area contributed by atoms with E-state index in [1.807, 2.05) is 0 Å². The first-order chi connectivity index (χ1) is 9.85. The minimum atomic E-state index is -4.19. The molecule has 0 aliphatic rings. The van der Waals surface area contributed by atoms with E-state index >= 15 is 0 Å². The first-order valence-electron chi connectivity index (χ1n) is 5.77. The van der Waals surface area contributed by atoms with Gasteiger partial charge < -0.3 is 15.0 Å². The van der Waals surface area contributed by atoms with Crippen LogP contribution < -0.4 is 5.73 Å². The second-order valence-electron chi connectivity index (χ2n) is 4.11. The van der Waals surface area contributed by atoms with Crippen LogP contribution in [0, 0.1) is 0 Å². The van der Waals surface area contributed by atoms with Crippen LogP contribution in [0.3, 0.4) is 0 Å². The van der Waals surface area contributed by atoms with Gasteiger partial charge in [-0.25, -0.2) is 9.59 Å². The molecular weight excluding hydrogens is 298 g/mol. The fourth-order valence-electron chi connectivity index (χ4n) is 1.88.